The highest BCUT2D eigenvalue weighted by molar-refractivity contribution is 7.14. The summed E-state index contributed by atoms with van der Waals surface area (Å²) in [6.07, 6.45) is 0.250. The average molecular weight is 491 g/mol. The van der Waals surface area contributed by atoms with Crippen molar-refractivity contribution < 1.29 is 24.2 Å². The second kappa shape index (κ2) is 9.54. The molecule has 1 aromatic heterocycles. The predicted octanol–water partition coefficient (Wildman–Crippen LogP) is 4.65. The van der Waals surface area contributed by atoms with Crippen LogP contribution in [0.5, 0.6) is 0 Å². The van der Waals surface area contributed by atoms with Gasteiger partial charge in [-0.3, -0.25) is 4.79 Å². The zero-order valence-electron chi connectivity index (χ0n) is 19.3. The molecular formula is C27H26N2O5S. The third-order valence-corrected chi connectivity index (χ3v) is 7.84. The molecule has 1 aliphatic heterocycles. The van der Waals surface area contributed by atoms with Gasteiger partial charge in [0, 0.05) is 36.3 Å². The molecule has 2 N–H and O–H groups in total. The van der Waals surface area contributed by atoms with Crippen LogP contribution in [0.15, 0.2) is 54.6 Å². The molecule has 2 amide bonds. The number of carbonyl (C=O) groups is 3. The largest absolute Gasteiger partial charge is 0.477 e. The van der Waals surface area contributed by atoms with E-state index in [-0.39, 0.29) is 24.9 Å². The van der Waals surface area contributed by atoms with Crippen molar-refractivity contribution in [1.29, 1.82) is 0 Å². The summed E-state index contributed by atoms with van der Waals surface area (Å²) in [5.41, 5.74) is 5.52. The highest BCUT2D eigenvalue weighted by Crippen LogP contribution is 2.44. The second-order valence-corrected chi connectivity index (χ2v) is 10.1. The van der Waals surface area contributed by atoms with Gasteiger partial charge in [0.1, 0.15) is 11.5 Å². The molecule has 0 bridgehead atoms. The number of alkyl carbamates (subject to hydrolysis) is 1. The van der Waals surface area contributed by atoms with Crippen LogP contribution in [0.4, 0.5) is 4.79 Å². The summed E-state index contributed by atoms with van der Waals surface area (Å²) in [6, 6.07) is 17.6. The van der Waals surface area contributed by atoms with Crippen LogP contribution in [0.2, 0.25) is 0 Å². The quantitative estimate of drug-likeness (QED) is 0.525. The summed E-state index contributed by atoms with van der Waals surface area (Å²) in [7, 11) is 0. The Labute approximate surface area is 207 Å². The molecule has 1 atom stereocenters. The van der Waals surface area contributed by atoms with Gasteiger partial charge in [-0.1, -0.05) is 48.5 Å². The second-order valence-electron chi connectivity index (χ2n) is 9.00. The number of carboxylic acids is 1. The van der Waals surface area contributed by atoms with Gasteiger partial charge in [0.25, 0.3) is 0 Å². The number of carboxylic acid groups (broad SMARTS) is 1. The van der Waals surface area contributed by atoms with Crippen molar-refractivity contribution in [1.82, 2.24) is 10.2 Å². The monoisotopic (exact) mass is 490 g/mol. The summed E-state index contributed by atoms with van der Waals surface area (Å²) in [4.78, 5) is 39.6. The Morgan fingerprint density at radius 2 is 1.77 bits per heavy atom. The van der Waals surface area contributed by atoms with Crippen molar-refractivity contribution in [2.24, 2.45) is 0 Å². The number of nitrogens with one attached hydrogen (secondary N) is 1. The fraction of sp³-hybridized carbons (Fsp3) is 0.296. The Morgan fingerprint density at radius 1 is 1.11 bits per heavy atom. The molecule has 7 nitrogen and oxygen atoms in total. The van der Waals surface area contributed by atoms with E-state index < -0.39 is 18.1 Å². The van der Waals surface area contributed by atoms with Crippen molar-refractivity contribution >= 4 is 29.3 Å². The van der Waals surface area contributed by atoms with Gasteiger partial charge in [-0.2, -0.15) is 0 Å². The Kier molecular flexibility index (Phi) is 6.30. The van der Waals surface area contributed by atoms with Gasteiger partial charge in [0.15, 0.2) is 0 Å². The topological polar surface area (TPSA) is 95.9 Å². The van der Waals surface area contributed by atoms with Crippen LogP contribution in [0, 0.1) is 0 Å². The lowest BCUT2D eigenvalue weighted by molar-refractivity contribution is -0.132. The number of hydrogen-bond donors (Lipinski definition) is 2. The molecular weight excluding hydrogens is 464 g/mol. The number of benzene rings is 2. The van der Waals surface area contributed by atoms with Crippen molar-refractivity contribution in [3.8, 4) is 11.1 Å². The number of nitrogens with zero attached hydrogens (tertiary/aromatic N) is 1. The fourth-order valence-corrected chi connectivity index (χ4v) is 5.94. The van der Waals surface area contributed by atoms with Crippen LogP contribution >= 0.6 is 11.3 Å². The van der Waals surface area contributed by atoms with Crippen molar-refractivity contribution in [2.75, 3.05) is 13.2 Å². The molecule has 3 aromatic rings. The van der Waals surface area contributed by atoms with E-state index in [1.165, 1.54) is 22.5 Å². The van der Waals surface area contributed by atoms with Crippen molar-refractivity contribution in [2.45, 2.75) is 38.3 Å². The molecule has 5 rings (SSSR count). The first-order valence-electron chi connectivity index (χ1n) is 11.6. The maximum Gasteiger partial charge on any atom is 0.407 e. The Bertz CT molecular complexity index is 1250. The first-order valence-corrected chi connectivity index (χ1v) is 12.5. The number of thiophene rings is 1. The molecule has 0 radical (unpaired) electrons. The summed E-state index contributed by atoms with van der Waals surface area (Å²) in [6.45, 7) is 2.94. The normalized spacial score (nSPS) is 15.1. The smallest absolute Gasteiger partial charge is 0.407 e. The third-order valence-electron chi connectivity index (χ3n) is 6.62. The number of ether oxygens (including phenoxy) is 1. The summed E-state index contributed by atoms with van der Waals surface area (Å²) in [5, 5.41) is 12.0. The van der Waals surface area contributed by atoms with Gasteiger partial charge in [-0.05, 0) is 47.2 Å². The molecule has 35 heavy (non-hydrogen) atoms. The van der Waals surface area contributed by atoms with E-state index in [9.17, 15) is 19.5 Å². The molecule has 2 heterocycles. The molecule has 180 valence electrons. The van der Waals surface area contributed by atoms with Gasteiger partial charge in [-0.25, -0.2) is 9.59 Å². The maximum absolute atomic E-state index is 12.8. The first kappa shape index (κ1) is 23.1. The lowest BCUT2D eigenvalue weighted by Crippen LogP contribution is -2.41. The maximum atomic E-state index is 12.8. The zero-order valence-corrected chi connectivity index (χ0v) is 20.1. The van der Waals surface area contributed by atoms with E-state index in [4.69, 9.17) is 4.74 Å². The molecule has 1 aliphatic carbocycles. The summed E-state index contributed by atoms with van der Waals surface area (Å²) in [5.74, 6) is -1.04. The van der Waals surface area contributed by atoms with Crippen molar-refractivity contribution in [3.63, 3.8) is 0 Å². The number of carbonyl (C=O) groups excluding carboxylic acids is 2. The van der Waals surface area contributed by atoms with E-state index >= 15 is 0 Å². The van der Waals surface area contributed by atoms with Crippen LogP contribution in [0.25, 0.3) is 11.1 Å². The molecule has 0 fully saturated rings. The SMILES string of the molecule is CC(CC(=O)N1CCc2sc(C(=O)O)cc2C1)NC(=O)OCC1c2ccccc2-c2ccccc21. The molecule has 0 spiro atoms. The van der Waals surface area contributed by atoms with E-state index in [1.54, 1.807) is 17.9 Å². The minimum atomic E-state index is -0.941. The minimum absolute atomic E-state index is 0.0195. The molecule has 8 heteroatoms. The van der Waals surface area contributed by atoms with Crippen LogP contribution in [0.1, 0.15) is 50.5 Å². The van der Waals surface area contributed by atoms with Gasteiger partial charge >= 0.3 is 12.1 Å². The molecule has 1 unspecified atom stereocenters. The number of fused-ring (bicyclic) bond motifs is 4. The van der Waals surface area contributed by atoms with Crippen molar-refractivity contribution in [3.05, 3.63) is 81.0 Å². The van der Waals surface area contributed by atoms with Gasteiger partial charge in [0.2, 0.25) is 5.91 Å². The Hall–Kier alpha value is -3.65. The third kappa shape index (κ3) is 4.66. The van der Waals surface area contributed by atoms with E-state index in [0.29, 0.717) is 24.4 Å². The van der Waals surface area contributed by atoms with E-state index in [0.717, 1.165) is 21.6 Å². The minimum Gasteiger partial charge on any atom is -0.477 e. The first-order chi connectivity index (χ1) is 16.9. The highest BCUT2D eigenvalue weighted by Gasteiger charge is 2.30. The molecule has 2 aromatic carbocycles. The number of hydrogen-bond acceptors (Lipinski definition) is 5. The van der Waals surface area contributed by atoms with Crippen LogP contribution < -0.4 is 5.32 Å². The highest BCUT2D eigenvalue weighted by atomic mass is 32.1. The molecule has 0 saturated carbocycles. The Balaban J connectivity index is 1.14. The van der Waals surface area contributed by atoms with Gasteiger partial charge in [0.05, 0.1) is 0 Å². The predicted molar refractivity (Wildman–Crippen MR) is 133 cm³/mol. The lowest BCUT2D eigenvalue weighted by Gasteiger charge is -2.28. The van der Waals surface area contributed by atoms with Crippen LogP contribution in [-0.2, 0) is 22.5 Å². The van der Waals surface area contributed by atoms with Gasteiger partial charge in [-0.15, -0.1) is 11.3 Å². The Morgan fingerprint density at radius 3 is 2.43 bits per heavy atom. The van der Waals surface area contributed by atoms with E-state index in [1.807, 2.05) is 24.3 Å². The molecule has 2 aliphatic rings. The average Bonchev–Trinajstić information content (AvgIpc) is 3.42. The molecule has 0 saturated heterocycles. The summed E-state index contributed by atoms with van der Waals surface area (Å²) >= 11 is 1.28. The van der Waals surface area contributed by atoms with Gasteiger partial charge < -0.3 is 20.1 Å². The van der Waals surface area contributed by atoms with E-state index in [2.05, 4.69) is 29.6 Å². The lowest BCUT2D eigenvalue weighted by atomic mass is 9.98. The summed E-state index contributed by atoms with van der Waals surface area (Å²) < 4.78 is 5.58. The number of rotatable bonds is 6. The fourth-order valence-electron chi connectivity index (χ4n) is 4.93. The van der Waals surface area contributed by atoms with Crippen LogP contribution in [-0.4, -0.2) is 47.2 Å². The number of amides is 2. The zero-order chi connectivity index (χ0) is 24.5. The standard InChI is InChI=1S/C27H26N2O5S/c1-16(12-25(30)29-11-10-23-17(14-29)13-24(35-23)26(31)32)28-27(33)34-15-22-20-8-4-2-6-18(20)19-7-3-5-9-21(19)22/h2-9,13,16,22H,10-12,14-15H2,1H3,(H,28,33)(H,31,32). The van der Waals surface area contributed by atoms with Crippen LogP contribution in [0.3, 0.4) is 0 Å². The number of aromatic carboxylic acids is 1.